The first-order valence-corrected chi connectivity index (χ1v) is 8.38. The molecule has 0 aromatic rings. The zero-order chi connectivity index (χ0) is 11.6. The van der Waals surface area contributed by atoms with Crippen molar-refractivity contribution < 1.29 is 0 Å². The zero-order valence-corrected chi connectivity index (χ0v) is 12.6. The summed E-state index contributed by atoms with van der Waals surface area (Å²) in [4.78, 5) is 0.831. The predicted molar refractivity (Wildman–Crippen MR) is 77.3 cm³/mol. The van der Waals surface area contributed by atoms with Gasteiger partial charge in [0.05, 0.1) is 0 Å². The first kappa shape index (κ1) is 14.5. The van der Waals surface area contributed by atoms with E-state index in [2.05, 4.69) is 22.9 Å². The second kappa shape index (κ2) is 9.50. The summed E-state index contributed by atoms with van der Waals surface area (Å²) in [7, 11) is 0. The summed E-state index contributed by atoms with van der Waals surface area (Å²) in [5, 5.41) is 0. The first-order valence-electron chi connectivity index (χ1n) is 7.47. The average molecular weight is 289 g/mol. The summed E-state index contributed by atoms with van der Waals surface area (Å²) < 4.78 is 0. The smallest absolute Gasteiger partial charge is 0.0146 e. The molecule has 1 saturated carbocycles. The summed E-state index contributed by atoms with van der Waals surface area (Å²) in [5.41, 5.74) is 0. The Bertz CT molecular complexity index is 148. The number of hydrogen-bond acceptors (Lipinski definition) is 0. The number of rotatable bonds is 8. The second-order valence-electron chi connectivity index (χ2n) is 5.53. The Morgan fingerprint density at radius 2 is 1.38 bits per heavy atom. The van der Waals surface area contributed by atoms with Crippen molar-refractivity contribution in [3.63, 3.8) is 0 Å². The van der Waals surface area contributed by atoms with E-state index < -0.39 is 0 Å². The number of alkyl halides is 1. The number of unbranched alkanes of at least 4 members (excludes halogenated alkanes) is 6. The minimum Gasteiger partial charge on any atom is -0.0891 e. The van der Waals surface area contributed by atoms with Gasteiger partial charge in [0.15, 0.2) is 0 Å². The lowest BCUT2D eigenvalue weighted by Gasteiger charge is -2.25. The molecule has 0 amide bonds. The van der Waals surface area contributed by atoms with E-state index in [4.69, 9.17) is 0 Å². The molecule has 0 radical (unpaired) electrons. The van der Waals surface area contributed by atoms with Crippen LogP contribution in [-0.4, -0.2) is 4.83 Å². The normalized spacial score (nSPS) is 25.9. The van der Waals surface area contributed by atoms with Crippen LogP contribution in [0.1, 0.15) is 84.0 Å². The minimum atomic E-state index is 0.831. The van der Waals surface area contributed by atoms with Crippen molar-refractivity contribution in [3.05, 3.63) is 0 Å². The number of hydrogen-bond donors (Lipinski definition) is 0. The van der Waals surface area contributed by atoms with E-state index in [0.29, 0.717) is 0 Å². The van der Waals surface area contributed by atoms with Crippen LogP contribution in [-0.2, 0) is 0 Å². The van der Waals surface area contributed by atoms with E-state index in [-0.39, 0.29) is 0 Å². The van der Waals surface area contributed by atoms with Crippen molar-refractivity contribution in [1.29, 1.82) is 0 Å². The van der Waals surface area contributed by atoms with Crippen molar-refractivity contribution in [3.8, 4) is 0 Å². The van der Waals surface area contributed by atoms with Gasteiger partial charge in [0.25, 0.3) is 0 Å². The summed E-state index contributed by atoms with van der Waals surface area (Å²) in [6.45, 7) is 2.29. The van der Waals surface area contributed by atoms with Gasteiger partial charge in [0.2, 0.25) is 0 Å². The highest BCUT2D eigenvalue weighted by atomic mass is 79.9. The van der Waals surface area contributed by atoms with Crippen LogP contribution in [0.3, 0.4) is 0 Å². The molecule has 0 aromatic carbocycles. The van der Waals surface area contributed by atoms with Crippen LogP contribution in [0.15, 0.2) is 0 Å². The summed E-state index contributed by atoms with van der Waals surface area (Å²) >= 11 is 3.73. The third-order valence-electron chi connectivity index (χ3n) is 3.99. The predicted octanol–water partition coefficient (Wildman–Crippen LogP) is 6.08. The summed E-state index contributed by atoms with van der Waals surface area (Å²) in [5.74, 6) is 1.06. The highest BCUT2D eigenvalue weighted by Crippen LogP contribution is 2.31. The molecule has 0 nitrogen and oxygen atoms in total. The van der Waals surface area contributed by atoms with Crippen molar-refractivity contribution in [1.82, 2.24) is 0 Å². The Hall–Kier alpha value is 0.480. The Morgan fingerprint density at radius 3 is 2.00 bits per heavy atom. The molecule has 1 heteroatoms. The lowest BCUT2D eigenvalue weighted by molar-refractivity contribution is 0.335. The van der Waals surface area contributed by atoms with Crippen molar-refractivity contribution in [2.24, 2.45) is 5.92 Å². The van der Waals surface area contributed by atoms with Crippen LogP contribution in [0, 0.1) is 5.92 Å². The molecule has 1 aliphatic rings. The van der Waals surface area contributed by atoms with Gasteiger partial charge in [-0.2, -0.15) is 0 Å². The van der Waals surface area contributed by atoms with Crippen LogP contribution in [0.4, 0.5) is 0 Å². The Balaban J connectivity index is 1.84. The van der Waals surface area contributed by atoms with Crippen LogP contribution in [0.5, 0.6) is 0 Å². The zero-order valence-electron chi connectivity index (χ0n) is 11.0. The molecule has 0 N–H and O–H groups in total. The molecule has 0 saturated heterocycles. The van der Waals surface area contributed by atoms with E-state index in [0.717, 1.165) is 10.7 Å². The minimum absolute atomic E-state index is 0.831. The van der Waals surface area contributed by atoms with E-state index >= 15 is 0 Å². The SMILES string of the molecule is CCCCCCCCCC1CCC(Br)CC1. The Labute approximate surface area is 111 Å². The van der Waals surface area contributed by atoms with Crippen LogP contribution < -0.4 is 0 Å². The third kappa shape index (κ3) is 6.93. The fourth-order valence-corrected chi connectivity index (χ4v) is 3.33. The molecule has 1 fully saturated rings. The fourth-order valence-electron chi connectivity index (χ4n) is 2.80. The maximum atomic E-state index is 3.73. The fraction of sp³-hybridized carbons (Fsp3) is 1.00. The van der Waals surface area contributed by atoms with E-state index in [1.807, 2.05) is 0 Å². The molecule has 16 heavy (non-hydrogen) atoms. The van der Waals surface area contributed by atoms with Gasteiger partial charge in [0, 0.05) is 4.83 Å². The molecule has 1 rings (SSSR count). The standard InChI is InChI=1S/C15H29Br/c1-2-3-4-5-6-7-8-9-14-10-12-15(16)13-11-14/h14-15H,2-13H2,1H3. The molecular formula is C15H29Br. The Kier molecular flexibility index (Phi) is 8.64. The van der Waals surface area contributed by atoms with Crippen LogP contribution >= 0.6 is 15.9 Å². The van der Waals surface area contributed by atoms with E-state index in [1.54, 1.807) is 0 Å². The molecule has 0 aliphatic heterocycles. The molecule has 0 aromatic heterocycles. The van der Waals surface area contributed by atoms with Crippen LogP contribution in [0.25, 0.3) is 0 Å². The molecule has 0 unspecified atom stereocenters. The first-order chi connectivity index (χ1) is 7.83. The van der Waals surface area contributed by atoms with E-state index in [9.17, 15) is 0 Å². The summed E-state index contributed by atoms with van der Waals surface area (Å²) in [6, 6.07) is 0. The van der Waals surface area contributed by atoms with E-state index in [1.165, 1.54) is 77.0 Å². The van der Waals surface area contributed by atoms with Crippen molar-refractivity contribution in [2.75, 3.05) is 0 Å². The second-order valence-corrected chi connectivity index (χ2v) is 6.82. The van der Waals surface area contributed by atoms with Crippen molar-refractivity contribution in [2.45, 2.75) is 88.8 Å². The maximum Gasteiger partial charge on any atom is 0.0146 e. The monoisotopic (exact) mass is 288 g/mol. The number of halogens is 1. The third-order valence-corrected chi connectivity index (χ3v) is 4.91. The van der Waals surface area contributed by atoms with Gasteiger partial charge in [-0.3, -0.25) is 0 Å². The molecule has 0 atom stereocenters. The molecule has 0 bridgehead atoms. The highest BCUT2D eigenvalue weighted by molar-refractivity contribution is 9.09. The molecule has 1 aliphatic carbocycles. The maximum absolute atomic E-state index is 3.73. The average Bonchev–Trinajstić information content (AvgIpc) is 2.30. The largest absolute Gasteiger partial charge is 0.0891 e. The molecule has 96 valence electrons. The lowest BCUT2D eigenvalue weighted by atomic mass is 9.85. The summed E-state index contributed by atoms with van der Waals surface area (Å²) in [6.07, 6.45) is 17.5. The van der Waals surface area contributed by atoms with Gasteiger partial charge in [0.1, 0.15) is 0 Å². The van der Waals surface area contributed by atoms with Gasteiger partial charge in [-0.15, -0.1) is 0 Å². The van der Waals surface area contributed by atoms with Gasteiger partial charge in [-0.1, -0.05) is 74.2 Å². The highest BCUT2D eigenvalue weighted by Gasteiger charge is 2.18. The Morgan fingerprint density at radius 1 is 0.812 bits per heavy atom. The van der Waals surface area contributed by atoms with Crippen LogP contribution in [0.2, 0.25) is 0 Å². The van der Waals surface area contributed by atoms with Gasteiger partial charge >= 0.3 is 0 Å². The lowest BCUT2D eigenvalue weighted by Crippen LogP contribution is -2.13. The molecule has 0 heterocycles. The van der Waals surface area contributed by atoms with Crippen molar-refractivity contribution >= 4 is 15.9 Å². The van der Waals surface area contributed by atoms with Gasteiger partial charge < -0.3 is 0 Å². The molecule has 0 spiro atoms. The quantitative estimate of drug-likeness (QED) is 0.375. The molecular weight excluding hydrogens is 260 g/mol. The topological polar surface area (TPSA) is 0 Å². The van der Waals surface area contributed by atoms with Gasteiger partial charge in [-0.05, 0) is 31.6 Å². The van der Waals surface area contributed by atoms with Gasteiger partial charge in [-0.25, -0.2) is 0 Å².